The maximum Gasteiger partial charge on any atom is 0.233 e. The molecule has 0 aliphatic carbocycles. The Hall–Kier alpha value is -2.82. The molecule has 0 spiro atoms. The summed E-state index contributed by atoms with van der Waals surface area (Å²) in [5.74, 6) is -0.107. The molecule has 24 heavy (non-hydrogen) atoms. The van der Waals surface area contributed by atoms with E-state index in [0.717, 1.165) is 5.56 Å². The molecule has 1 atom stereocenters. The third-order valence-corrected chi connectivity index (χ3v) is 3.46. The maximum absolute atomic E-state index is 12.1. The maximum atomic E-state index is 12.1. The van der Waals surface area contributed by atoms with E-state index in [0.29, 0.717) is 18.0 Å². The molecule has 126 valence electrons. The van der Waals surface area contributed by atoms with Crippen LogP contribution in [0.1, 0.15) is 31.9 Å². The summed E-state index contributed by atoms with van der Waals surface area (Å²) in [6.45, 7) is 4.26. The van der Waals surface area contributed by atoms with Crippen molar-refractivity contribution < 1.29 is 14.3 Å². The van der Waals surface area contributed by atoms with Gasteiger partial charge in [0.1, 0.15) is 12.2 Å². The van der Waals surface area contributed by atoms with E-state index in [9.17, 15) is 9.59 Å². The molecule has 0 bridgehead atoms. The Labute approximate surface area is 142 Å². The van der Waals surface area contributed by atoms with Crippen LogP contribution in [0.15, 0.2) is 54.6 Å². The molecule has 0 fully saturated rings. The largest absolute Gasteiger partial charge is 0.492 e. The van der Waals surface area contributed by atoms with Gasteiger partial charge in [-0.05, 0) is 31.5 Å². The van der Waals surface area contributed by atoms with Crippen LogP contribution in [0.3, 0.4) is 0 Å². The van der Waals surface area contributed by atoms with Gasteiger partial charge in [0.2, 0.25) is 11.8 Å². The molecular formula is C19H22N2O3. The van der Waals surface area contributed by atoms with Gasteiger partial charge >= 0.3 is 0 Å². The van der Waals surface area contributed by atoms with Gasteiger partial charge in [-0.25, -0.2) is 0 Å². The molecule has 2 amide bonds. The number of para-hydroxylation sites is 2. The average molecular weight is 326 g/mol. The second-order valence-corrected chi connectivity index (χ2v) is 5.35. The molecule has 0 aliphatic rings. The third kappa shape index (κ3) is 5.12. The van der Waals surface area contributed by atoms with Gasteiger partial charge < -0.3 is 15.4 Å². The van der Waals surface area contributed by atoms with Crippen LogP contribution in [0.2, 0.25) is 0 Å². The number of carbonyl (C=O) groups is 2. The first kappa shape index (κ1) is 17.5. The zero-order valence-electron chi connectivity index (χ0n) is 13.9. The summed E-state index contributed by atoms with van der Waals surface area (Å²) in [6, 6.07) is 16.6. The molecule has 2 aromatic carbocycles. The van der Waals surface area contributed by atoms with Crippen LogP contribution in [0, 0.1) is 0 Å². The number of amides is 2. The van der Waals surface area contributed by atoms with E-state index in [1.165, 1.54) is 0 Å². The number of hydrogen-bond donors (Lipinski definition) is 2. The van der Waals surface area contributed by atoms with Crippen LogP contribution in [-0.2, 0) is 9.59 Å². The fraction of sp³-hybridized carbons (Fsp3) is 0.263. The van der Waals surface area contributed by atoms with Crippen molar-refractivity contribution in [1.82, 2.24) is 5.32 Å². The van der Waals surface area contributed by atoms with E-state index in [1.54, 1.807) is 18.2 Å². The van der Waals surface area contributed by atoms with Gasteiger partial charge in [-0.3, -0.25) is 9.59 Å². The first-order chi connectivity index (χ1) is 11.6. The average Bonchev–Trinajstić information content (AvgIpc) is 2.57. The second kappa shape index (κ2) is 8.72. The van der Waals surface area contributed by atoms with Crippen molar-refractivity contribution >= 4 is 17.5 Å². The van der Waals surface area contributed by atoms with E-state index in [4.69, 9.17) is 4.74 Å². The summed E-state index contributed by atoms with van der Waals surface area (Å²) < 4.78 is 5.45. The van der Waals surface area contributed by atoms with Crippen LogP contribution in [0.25, 0.3) is 0 Å². The van der Waals surface area contributed by atoms with Crippen molar-refractivity contribution in [2.75, 3.05) is 11.9 Å². The van der Waals surface area contributed by atoms with E-state index in [2.05, 4.69) is 10.6 Å². The number of hydrogen-bond acceptors (Lipinski definition) is 3. The van der Waals surface area contributed by atoms with Gasteiger partial charge in [0, 0.05) is 0 Å². The van der Waals surface area contributed by atoms with Crippen molar-refractivity contribution in [3.63, 3.8) is 0 Å². The Bertz CT molecular complexity index is 686. The molecule has 2 aromatic rings. The van der Waals surface area contributed by atoms with Gasteiger partial charge in [0.05, 0.1) is 18.3 Å². The predicted molar refractivity (Wildman–Crippen MR) is 93.9 cm³/mol. The summed E-state index contributed by atoms with van der Waals surface area (Å²) >= 11 is 0. The minimum atomic E-state index is -0.375. The highest BCUT2D eigenvalue weighted by molar-refractivity contribution is 6.04. The molecule has 0 saturated heterocycles. The fourth-order valence-corrected chi connectivity index (χ4v) is 2.31. The number of rotatable bonds is 7. The number of carbonyl (C=O) groups excluding carboxylic acids is 2. The Balaban J connectivity index is 1.89. The molecule has 2 N–H and O–H groups in total. The number of nitrogens with one attached hydrogen (secondary N) is 2. The quantitative estimate of drug-likeness (QED) is 0.767. The number of anilines is 1. The normalized spacial score (nSPS) is 11.4. The fourth-order valence-electron chi connectivity index (χ4n) is 2.31. The SMILES string of the molecule is CCOc1ccccc1NC(=O)CC(=O)NC(C)c1ccccc1. The van der Waals surface area contributed by atoms with Crippen LogP contribution in [-0.4, -0.2) is 18.4 Å². The molecule has 2 rings (SSSR count). The molecule has 0 aliphatic heterocycles. The van der Waals surface area contributed by atoms with Gasteiger partial charge in [-0.1, -0.05) is 42.5 Å². The lowest BCUT2D eigenvalue weighted by atomic mass is 10.1. The first-order valence-electron chi connectivity index (χ1n) is 7.96. The van der Waals surface area contributed by atoms with Crippen LogP contribution in [0.5, 0.6) is 5.75 Å². The minimum absolute atomic E-state index is 0.151. The van der Waals surface area contributed by atoms with Crippen LogP contribution in [0.4, 0.5) is 5.69 Å². The van der Waals surface area contributed by atoms with Crippen molar-refractivity contribution in [1.29, 1.82) is 0 Å². The molecule has 1 unspecified atom stereocenters. The Morgan fingerprint density at radius 1 is 1.00 bits per heavy atom. The zero-order chi connectivity index (χ0) is 17.4. The topological polar surface area (TPSA) is 67.4 Å². The van der Waals surface area contributed by atoms with Gasteiger partial charge in [0.25, 0.3) is 0 Å². The van der Waals surface area contributed by atoms with Gasteiger partial charge in [-0.2, -0.15) is 0 Å². The molecule has 0 radical (unpaired) electrons. The highest BCUT2D eigenvalue weighted by Gasteiger charge is 2.14. The van der Waals surface area contributed by atoms with Crippen molar-refractivity contribution in [3.8, 4) is 5.75 Å². The molecule has 0 heterocycles. The van der Waals surface area contributed by atoms with E-state index >= 15 is 0 Å². The molecule has 0 saturated carbocycles. The highest BCUT2D eigenvalue weighted by atomic mass is 16.5. The third-order valence-electron chi connectivity index (χ3n) is 3.46. The zero-order valence-corrected chi connectivity index (χ0v) is 13.9. The van der Waals surface area contributed by atoms with Gasteiger partial charge in [0.15, 0.2) is 0 Å². The number of benzene rings is 2. The van der Waals surface area contributed by atoms with Crippen LogP contribution < -0.4 is 15.4 Å². The molecule has 5 heteroatoms. The first-order valence-corrected chi connectivity index (χ1v) is 7.96. The molecular weight excluding hydrogens is 304 g/mol. The summed E-state index contributed by atoms with van der Waals surface area (Å²) in [5.41, 5.74) is 1.56. The Morgan fingerprint density at radius 2 is 1.67 bits per heavy atom. The monoisotopic (exact) mass is 326 g/mol. The van der Waals surface area contributed by atoms with Crippen molar-refractivity contribution in [2.45, 2.75) is 26.3 Å². The summed E-state index contributed by atoms with van der Waals surface area (Å²) in [7, 11) is 0. The smallest absolute Gasteiger partial charge is 0.233 e. The van der Waals surface area contributed by atoms with Crippen molar-refractivity contribution in [3.05, 3.63) is 60.2 Å². The summed E-state index contributed by atoms with van der Waals surface area (Å²) in [5, 5.41) is 5.54. The standard InChI is InChI=1S/C19H22N2O3/c1-3-24-17-12-8-7-11-16(17)21-19(23)13-18(22)20-14(2)15-9-5-4-6-10-15/h4-12,14H,3,13H2,1-2H3,(H,20,22)(H,21,23). The molecule has 5 nitrogen and oxygen atoms in total. The number of ether oxygens (including phenoxy) is 1. The van der Waals surface area contributed by atoms with Crippen LogP contribution >= 0.6 is 0 Å². The minimum Gasteiger partial charge on any atom is -0.492 e. The predicted octanol–water partition coefficient (Wildman–Crippen LogP) is 3.29. The highest BCUT2D eigenvalue weighted by Crippen LogP contribution is 2.23. The lowest BCUT2D eigenvalue weighted by Gasteiger charge is -2.15. The lowest BCUT2D eigenvalue weighted by molar-refractivity contribution is -0.127. The van der Waals surface area contributed by atoms with E-state index in [-0.39, 0.29) is 24.3 Å². The van der Waals surface area contributed by atoms with E-state index < -0.39 is 0 Å². The summed E-state index contributed by atoms with van der Waals surface area (Å²) in [4.78, 5) is 24.1. The molecule has 0 aromatic heterocycles. The Morgan fingerprint density at radius 3 is 2.38 bits per heavy atom. The van der Waals surface area contributed by atoms with E-state index in [1.807, 2.05) is 50.2 Å². The summed E-state index contributed by atoms with van der Waals surface area (Å²) in [6.07, 6.45) is -0.238. The second-order valence-electron chi connectivity index (χ2n) is 5.35. The van der Waals surface area contributed by atoms with Crippen molar-refractivity contribution in [2.24, 2.45) is 0 Å². The Kier molecular flexibility index (Phi) is 6.37. The van der Waals surface area contributed by atoms with Gasteiger partial charge in [-0.15, -0.1) is 0 Å². The lowest BCUT2D eigenvalue weighted by Crippen LogP contribution is -2.30.